The molecule has 0 aliphatic heterocycles. The molecule has 0 saturated heterocycles. The summed E-state index contributed by atoms with van der Waals surface area (Å²) in [6.07, 6.45) is 3.73. The van der Waals surface area contributed by atoms with E-state index in [4.69, 9.17) is 4.74 Å². The second-order valence-corrected chi connectivity index (χ2v) is 11.6. The maximum Gasteiger partial charge on any atom is 0.272 e. The molecule has 1 unspecified atom stereocenters. The minimum absolute atomic E-state index is 0.112. The minimum Gasteiger partial charge on any atom is -0.494 e. The molecule has 44 heavy (non-hydrogen) atoms. The Morgan fingerprint density at radius 3 is 2.30 bits per heavy atom. The van der Waals surface area contributed by atoms with Gasteiger partial charge in [-0.15, -0.1) is 11.8 Å². The molecule has 4 aromatic rings. The summed E-state index contributed by atoms with van der Waals surface area (Å²) in [4.78, 5) is 40.1. The van der Waals surface area contributed by atoms with Crippen molar-refractivity contribution in [2.24, 2.45) is 0 Å². The number of ether oxygens (including phenoxy) is 1. The second kappa shape index (κ2) is 16.1. The Morgan fingerprint density at radius 2 is 1.57 bits per heavy atom. The Hall–Kier alpha value is -4.82. The Balaban J connectivity index is 1.42. The van der Waals surface area contributed by atoms with Crippen LogP contribution in [0.3, 0.4) is 0 Å². The highest BCUT2D eigenvalue weighted by atomic mass is 32.2. The normalized spacial score (nSPS) is 11.8. The van der Waals surface area contributed by atoms with Crippen LogP contribution in [0.4, 0.5) is 11.4 Å². The van der Waals surface area contributed by atoms with E-state index in [2.05, 4.69) is 22.9 Å². The number of rotatable bonds is 13. The van der Waals surface area contributed by atoms with Gasteiger partial charge in [-0.1, -0.05) is 61.9 Å². The highest BCUT2D eigenvalue weighted by Crippen LogP contribution is 2.27. The molecule has 0 heterocycles. The van der Waals surface area contributed by atoms with Gasteiger partial charge in [-0.2, -0.15) is 0 Å². The SMILES string of the molecule is CCCCOc1ccc(NC(=O)C(C)Sc2cccc(NC(=O)/C(=C/c3ccccc3C)NC(=O)c3ccccc3)c2)cc1. The van der Waals surface area contributed by atoms with Crippen LogP contribution in [-0.4, -0.2) is 29.6 Å². The number of hydrogen-bond acceptors (Lipinski definition) is 5. The maximum atomic E-state index is 13.5. The first-order valence-electron chi connectivity index (χ1n) is 14.6. The molecule has 3 N–H and O–H groups in total. The molecular weight excluding hydrogens is 570 g/mol. The highest BCUT2D eigenvalue weighted by Gasteiger charge is 2.18. The summed E-state index contributed by atoms with van der Waals surface area (Å²) in [7, 11) is 0. The van der Waals surface area contributed by atoms with Crippen LogP contribution in [0, 0.1) is 6.92 Å². The largest absolute Gasteiger partial charge is 0.494 e. The van der Waals surface area contributed by atoms with Gasteiger partial charge in [-0.25, -0.2) is 0 Å². The van der Waals surface area contributed by atoms with Crippen molar-refractivity contribution in [3.63, 3.8) is 0 Å². The van der Waals surface area contributed by atoms with Crippen LogP contribution in [0.25, 0.3) is 6.08 Å². The molecule has 0 aromatic heterocycles. The van der Waals surface area contributed by atoms with E-state index in [0.717, 1.165) is 34.6 Å². The lowest BCUT2D eigenvalue weighted by atomic mass is 10.1. The lowest BCUT2D eigenvalue weighted by Gasteiger charge is -2.14. The van der Waals surface area contributed by atoms with Crippen LogP contribution >= 0.6 is 11.8 Å². The average molecular weight is 608 g/mol. The molecule has 0 radical (unpaired) electrons. The Kier molecular flexibility index (Phi) is 11.8. The molecule has 4 aromatic carbocycles. The molecule has 0 saturated carbocycles. The van der Waals surface area contributed by atoms with Gasteiger partial charge >= 0.3 is 0 Å². The smallest absolute Gasteiger partial charge is 0.272 e. The fourth-order valence-corrected chi connectivity index (χ4v) is 5.09. The molecule has 8 heteroatoms. The first-order valence-corrected chi connectivity index (χ1v) is 15.5. The standard InChI is InChI=1S/C36H37N3O4S/c1-4-5-22-43-31-20-18-29(19-21-31)37-34(40)26(3)44-32-17-11-16-30(24-32)38-36(42)33(23-28-15-10-9-12-25(28)2)39-35(41)27-13-7-6-8-14-27/h6-21,23-24,26H,4-5,22H2,1-3H3,(H,37,40)(H,38,42)(H,39,41)/b33-23-. The van der Waals surface area contributed by atoms with Crippen molar-refractivity contribution in [2.45, 2.75) is 43.8 Å². The lowest BCUT2D eigenvalue weighted by molar-refractivity contribution is -0.115. The third kappa shape index (κ3) is 9.61. The van der Waals surface area contributed by atoms with Crippen molar-refractivity contribution in [1.82, 2.24) is 5.32 Å². The molecule has 3 amide bonds. The van der Waals surface area contributed by atoms with Crippen LogP contribution < -0.4 is 20.7 Å². The van der Waals surface area contributed by atoms with Crippen molar-refractivity contribution in [3.8, 4) is 5.75 Å². The third-order valence-corrected chi connectivity index (χ3v) is 7.77. The third-order valence-electron chi connectivity index (χ3n) is 6.68. The number of nitrogens with one attached hydrogen (secondary N) is 3. The highest BCUT2D eigenvalue weighted by molar-refractivity contribution is 8.00. The first kappa shape index (κ1) is 32.1. The van der Waals surface area contributed by atoms with E-state index in [-0.39, 0.29) is 17.5 Å². The number of carbonyl (C=O) groups excluding carboxylic acids is 3. The van der Waals surface area contributed by atoms with E-state index in [1.54, 1.807) is 42.5 Å². The van der Waals surface area contributed by atoms with Crippen molar-refractivity contribution in [1.29, 1.82) is 0 Å². The van der Waals surface area contributed by atoms with Crippen molar-refractivity contribution >= 4 is 46.9 Å². The maximum absolute atomic E-state index is 13.5. The average Bonchev–Trinajstić information content (AvgIpc) is 3.03. The van der Waals surface area contributed by atoms with Gasteiger partial charge in [0.05, 0.1) is 11.9 Å². The molecule has 0 bridgehead atoms. The van der Waals surface area contributed by atoms with Crippen molar-refractivity contribution in [3.05, 3.63) is 126 Å². The quantitative estimate of drug-likeness (QED) is 0.0822. The molecule has 7 nitrogen and oxygen atoms in total. The van der Waals surface area contributed by atoms with Crippen LogP contribution in [0.5, 0.6) is 5.75 Å². The number of amides is 3. The topological polar surface area (TPSA) is 96.5 Å². The summed E-state index contributed by atoms with van der Waals surface area (Å²) in [6.45, 7) is 6.55. The molecule has 226 valence electrons. The summed E-state index contributed by atoms with van der Waals surface area (Å²) in [5.41, 5.74) is 3.56. The van der Waals surface area contributed by atoms with Gasteiger partial charge in [-0.05, 0) is 92.1 Å². The molecule has 0 aliphatic carbocycles. The molecule has 0 aliphatic rings. The Bertz CT molecular complexity index is 1600. The molecule has 0 fully saturated rings. The summed E-state index contributed by atoms with van der Waals surface area (Å²) < 4.78 is 5.69. The molecular formula is C36H37N3O4S. The number of benzene rings is 4. The summed E-state index contributed by atoms with van der Waals surface area (Å²) in [6, 6.07) is 31.0. The van der Waals surface area contributed by atoms with Crippen LogP contribution in [0.15, 0.2) is 114 Å². The predicted octanol–water partition coefficient (Wildman–Crippen LogP) is 7.70. The van der Waals surface area contributed by atoms with Crippen molar-refractivity contribution < 1.29 is 19.1 Å². The molecule has 0 spiro atoms. The number of thioether (sulfide) groups is 1. The van der Waals surface area contributed by atoms with E-state index in [0.29, 0.717) is 23.5 Å². The van der Waals surface area contributed by atoms with E-state index < -0.39 is 11.2 Å². The second-order valence-electron chi connectivity index (χ2n) is 10.2. The zero-order valence-corrected chi connectivity index (χ0v) is 25.9. The zero-order valence-electron chi connectivity index (χ0n) is 25.1. The fourth-order valence-electron chi connectivity index (χ4n) is 4.16. The molecule has 1 atom stereocenters. The summed E-state index contributed by atoms with van der Waals surface area (Å²) in [5.74, 6) is -0.221. The van der Waals surface area contributed by atoms with E-state index in [1.165, 1.54) is 11.8 Å². The van der Waals surface area contributed by atoms with Gasteiger partial charge in [-0.3, -0.25) is 14.4 Å². The van der Waals surface area contributed by atoms with Crippen LogP contribution in [-0.2, 0) is 9.59 Å². The number of aryl methyl sites for hydroxylation is 1. The van der Waals surface area contributed by atoms with E-state index in [1.807, 2.05) is 80.6 Å². The monoisotopic (exact) mass is 607 g/mol. The van der Waals surface area contributed by atoms with Crippen LogP contribution in [0.1, 0.15) is 48.2 Å². The number of hydrogen-bond donors (Lipinski definition) is 3. The van der Waals surface area contributed by atoms with Gasteiger partial charge < -0.3 is 20.7 Å². The number of unbranched alkanes of at least 4 members (excludes halogenated alkanes) is 1. The van der Waals surface area contributed by atoms with Crippen molar-refractivity contribution in [2.75, 3.05) is 17.2 Å². The Labute approximate surface area is 263 Å². The minimum atomic E-state index is -0.465. The van der Waals surface area contributed by atoms with Gasteiger partial charge in [0, 0.05) is 21.8 Å². The molecule has 4 rings (SSSR count). The first-order chi connectivity index (χ1) is 21.3. The van der Waals surface area contributed by atoms with Gasteiger partial charge in [0.2, 0.25) is 5.91 Å². The number of anilines is 2. The van der Waals surface area contributed by atoms with Crippen LogP contribution in [0.2, 0.25) is 0 Å². The number of carbonyl (C=O) groups is 3. The van der Waals surface area contributed by atoms with E-state index in [9.17, 15) is 14.4 Å². The fraction of sp³-hybridized carbons (Fsp3) is 0.194. The van der Waals surface area contributed by atoms with E-state index >= 15 is 0 Å². The Morgan fingerprint density at radius 1 is 0.841 bits per heavy atom. The predicted molar refractivity (Wildman–Crippen MR) is 179 cm³/mol. The summed E-state index contributed by atoms with van der Waals surface area (Å²) in [5, 5.41) is 8.22. The summed E-state index contributed by atoms with van der Waals surface area (Å²) >= 11 is 1.38. The van der Waals surface area contributed by atoms with Gasteiger partial charge in [0.15, 0.2) is 0 Å². The lowest BCUT2D eigenvalue weighted by Crippen LogP contribution is -2.30. The zero-order chi connectivity index (χ0) is 31.3. The van der Waals surface area contributed by atoms with Gasteiger partial charge in [0.25, 0.3) is 11.8 Å². The van der Waals surface area contributed by atoms with Gasteiger partial charge in [0.1, 0.15) is 11.4 Å².